The zero-order valence-corrected chi connectivity index (χ0v) is 17.7. The Labute approximate surface area is 179 Å². The summed E-state index contributed by atoms with van der Waals surface area (Å²) in [5, 5.41) is 4.05. The van der Waals surface area contributed by atoms with E-state index in [-0.39, 0.29) is 12.5 Å². The van der Waals surface area contributed by atoms with Gasteiger partial charge in [0.05, 0.1) is 13.3 Å². The summed E-state index contributed by atoms with van der Waals surface area (Å²) in [6.07, 6.45) is 9.20. The van der Waals surface area contributed by atoms with Crippen molar-refractivity contribution in [2.24, 2.45) is 5.10 Å². The monoisotopic (exact) mass is 455 g/mol. The van der Waals surface area contributed by atoms with Gasteiger partial charge in [-0.1, -0.05) is 5.92 Å². The Balaban J connectivity index is 1.64. The standard InChI is InChI=1S/C22H22BrN3O3/c1-3-12-29-21-14-19(23)17(13-20(21)28-2)15-24-25-22(27)16-6-8-18(9-7-16)26-10-4-5-11-26/h1,6-9,13-15H,4-5,10-12H2,2H3,(H,25,27)/b24-15-. The highest BCUT2D eigenvalue weighted by Gasteiger charge is 2.13. The summed E-state index contributed by atoms with van der Waals surface area (Å²) in [5.74, 6) is 3.19. The van der Waals surface area contributed by atoms with Gasteiger partial charge in [0.1, 0.15) is 6.61 Å². The van der Waals surface area contributed by atoms with Gasteiger partial charge in [-0.3, -0.25) is 4.79 Å². The van der Waals surface area contributed by atoms with E-state index in [0.717, 1.165) is 28.8 Å². The summed E-state index contributed by atoms with van der Waals surface area (Å²) in [4.78, 5) is 14.7. The van der Waals surface area contributed by atoms with Gasteiger partial charge in [0.25, 0.3) is 5.91 Å². The van der Waals surface area contributed by atoms with Gasteiger partial charge in [-0.05, 0) is 65.2 Å². The predicted octanol–water partition coefficient (Wildman–Crippen LogP) is 3.83. The number of hydrogen-bond donors (Lipinski definition) is 1. The number of carbonyl (C=O) groups is 1. The molecule has 0 spiro atoms. The lowest BCUT2D eigenvalue weighted by Gasteiger charge is -2.17. The minimum atomic E-state index is -0.272. The molecule has 6 nitrogen and oxygen atoms in total. The molecule has 1 heterocycles. The molecular formula is C22H22BrN3O3. The maximum Gasteiger partial charge on any atom is 0.271 e. The van der Waals surface area contributed by atoms with Crippen molar-refractivity contribution in [2.45, 2.75) is 12.8 Å². The normalized spacial score (nSPS) is 13.3. The number of rotatable bonds is 7. The summed E-state index contributed by atoms with van der Waals surface area (Å²) < 4.78 is 11.5. The highest BCUT2D eigenvalue weighted by molar-refractivity contribution is 9.10. The number of hydrazone groups is 1. The van der Waals surface area contributed by atoms with Crippen LogP contribution in [0.4, 0.5) is 5.69 Å². The van der Waals surface area contributed by atoms with Crippen molar-refractivity contribution >= 4 is 33.7 Å². The van der Waals surface area contributed by atoms with Crippen LogP contribution in [0.25, 0.3) is 0 Å². The predicted molar refractivity (Wildman–Crippen MR) is 118 cm³/mol. The van der Waals surface area contributed by atoms with Crippen LogP contribution in [0, 0.1) is 12.3 Å². The van der Waals surface area contributed by atoms with Crippen LogP contribution in [0.2, 0.25) is 0 Å². The average molecular weight is 456 g/mol. The first-order chi connectivity index (χ1) is 14.1. The summed E-state index contributed by atoms with van der Waals surface area (Å²) in [5.41, 5.74) is 4.97. The van der Waals surface area contributed by atoms with Gasteiger partial charge >= 0.3 is 0 Å². The third-order valence-electron chi connectivity index (χ3n) is 4.56. The number of halogens is 1. The van der Waals surface area contributed by atoms with Gasteiger partial charge in [-0.2, -0.15) is 5.10 Å². The molecular weight excluding hydrogens is 434 g/mol. The molecule has 1 aliphatic heterocycles. The molecule has 1 amide bonds. The molecule has 1 N–H and O–H groups in total. The number of amides is 1. The molecule has 150 valence electrons. The van der Waals surface area contributed by atoms with Crippen LogP contribution < -0.4 is 19.8 Å². The number of carbonyl (C=O) groups excluding carboxylic acids is 1. The fraction of sp³-hybridized carbons (Fsp3) is 0.273. The van der Waals surface area contributed by atoms with Crippen molar-refractivity contribution in [2.75, 3.05) is 31.7 Å². The summed E-state index contributed by atoms with van der Waals surface area (Å²) in [7, 11) is 1.54. The zero-order valence-electron chi connectivity index (χ0n) is 16.2. The van der Waals surface area contributed by atoms with Crippen molar-refractivity contribution in [3.63, 3.8) is 0 Å². The van der Waals surface area contributed by atoms with Crippen LogP contribution >= 0.6 is 15.9 Å². The van der Waals surface area contributed by atoms with Crippen molar-refractivity contribution in [3.8, 4) is 23.8 Å². The highest BCUT2D eigenvalue weighted by atomic mass is 79.9. The minimum Gasteiger partial charge on any atom is -0.493 e. The Hall–Kier alpha value is -2.98. The molecule has 1 saturated heterocycles. The Morgan fingerprint density at radius 1 is 1.28 bits per heavy atom. The largest absolute Gasteiger partial charge is 0.493 e. The molecule has 1 fully saturated rings. The Bertz CT molecular complexity index is 930. The molecule has 3 rings (SSSR count). The van der Waals surface area contributed by atoms with Gasteiger partial charge < -0.3 is 14.4 Å². The number of hydrogen-bond acceptors (Lipinski definition) is 5. The molecule has 0 unspecified atom stereocenters. The van der Waals surface area contributed by atoms with Gasteiger partial charge in [0.15, 0.2) is 11.5 Å². The van der Waals surface area contributed by atoms with Crippen molar-refractivity contribution < 1.29 is 14.3 Å². The van der Waals surface area contributed by atoms with Crippen LogP contribution in [0.1, 0.15) is 28.8 Å². The number of terminal acetylenes is 1. The Morgan fingerprint density at radius 3 is 2.66 bits per heavy atom. The average Bonchev–Trinajstić information content (AvgIpc) is 3.28. The van der Waals surface area contributed by atoms with Crippen LogP contribution in [0.5, 0.6) is 11.5 Å². The lowest BCUT2D eigenvalue weighted by Crippen LogP contribution is -2.19. The summed E-state index contributed by atoms with van der Waals surface area (Å²) >= 11 is 3.46. The number of benzene rings is 2. The third kappa shape index (κ3) is 5.30. The molecule has 1 aliphatic rings. The van der Waals surface area contributed by atoms with E-state index in [1.807, 2.05) is 24.3 Å². The smallest absolute Gasteiger partial charge is 0.271 e. The Kier molecular flexibility index (Phi) is 7.14. The van der Waals surface area contributed by atoms with Crippen molar-refractivity contribution in [1.82, 2.24) is 5.43 Å². The second-order valence-electron chi connectivity index (χ2n) is 6.46. The molecule has 2 aromatic rings. The molecule has 29 heavy (non-hydrogen) atoms. The second-order valence-corrected chi connectivity index (χ2v) is 7.31. The number of methoxy groups -OCH3 is 1. The van der Waals surface area contributed by atoms with Gasteiger partial charge in [-0.15, -0.1) is 6.42 Å². The highest BCUT2D eigenvalue weighted by Crippen LogP contribution is 2.32. The molecule has 0 radical (unpaired) electrons. The van der Waals surface area contributed by atoms with Crippen LogP contribution in [0.15, 0.2) is 46.0 Å². The molecule has 7 heteroatoms. The number of anilines is 1. The van der Waals surface area contributed by atoms with Crippen LogP contribution in [-0.4, -0.2) is 38.9 Å². The van der Waals surface area contributed by atoms with E-state index in [0.29, 0.717) is 17.1 Å². The SMILES string of the molecule is C#CCOc1cc(Br)c(/C=N\NC(=O)c2ccc(N3CCCC3)cc2)cc1OC. The number of nitrogens with zero attached hydrogens (tertiary/aromatic N) is 2. The topological polar surface area (TPSA) is 63.2 Å². The van der Waals surface area contributed by atoms with E-state index in [9.17, 15) is 4.79 Å². The first-order valence-corrected chi connectivity index (χ1v) is 10.0. The van der Waals surface area contributed by atoms with E-state index in [1.165, 1.54) is 19.1 Å². The quantitative estimate of drug-likeness (QED) is 0.391. The molecule has 0 atom stereocenters. The van der Waals surface area contributed by atoms with E-state index >= 15 is 0 Å². The zero-order chi connectivity index (χ0) is 20.6. The molecule has 0 aliphatic carbocycles. The van der Waals surface area contributed by atoms with Gasteiger partial charge in [0, 0.05) is 34.4 Å². The van der Waals surface area contributed by atoms with Crippen molar-refractivity contribution in [3.05, 3.63) is 52.0 Å². The fourth-order valence-electron chi connectivity index (χ4n) is 3.07. The number of ether oxygens (including phenoxy) is 2. The van der Waals surface area contributed by atoms with E-state index in [4.69, 9.17) is 15.9 Å². The first kappa shape index (κ1) is 20.7. The van der Waals surface area contributed by atoms with Gasteiger partial charge in [-0.25, -0.2) is 5.43 Å². The summed E-state index contributed by atoms with van der Waals surface area (Å²) in [6, 6.07) is 11.1. The van der Waals surface area contributed by atoms with E-state index in [2.05, 4.69) is 37.3 Å². The van der Waals surface area contributed by atoms with E-state index < -0.39 is 0 Å². The molecule has 0 aromatic heterocycles. The fourth-order valence-corrected chi connectivity index (χ4v) is 3.49. The second kappa shape index (κ2) is 9.99. The molecule has 2 aromatic carbocycles. The lowest BCUT2D eigenvalue weighted by molar-refractivity contribution is 0.0955. The minimum absolute atomic E-state index is 0.142. The van der Waals surface area contributed by atoms with Crippen LogP contribution in [0.3, 0.4) is 0 Å². The molecule has 0 saturated carbocycles. The third-order valence-corrected chi connectivity index (χ3v) is 5.25. The lowest BCUT2D eigenvalue weighted by atomic mass is 10.2. The van der Waals surface area contributed by atoms with Crippen molar-refractivity contribution in [1.29, 1.82) is 0 Å². The first-order valence-electron chi connectivity index (χ1n) is 9.24. The Morgan fingerprint density at radius 2 is 2.00 bits per heavy atom. The molecule has 0 bridgehead atoms. The van der Waals surface area contributed by atoms with Crippen LogP contribution in [-0.2, 0) is 0 Å². The maximum absolute atomic E-state index is 12.3. The maximum atomic E-state index is 12.3. The van der Waals surface area contributed by atoms with E-state index in [1.54, 1.807) is 19.2 Å². The van der Waals surface area contributed by atoms with Gasteiger partial charge in [0.2, 0.25) is 0 Å². The summed E-state index contributed by atoms with van der Waals surface area (Å²) in [6.45, 7) is 2.28. The number of nitrogens with one attached hydrogen (secondary N) is 1.